The van der Waals surface area contributed by atoms with E-state index >= 15 is 0 Å². The minimum atomic E-state index is -0.416. The highest BCUT2D eigenvalue weighted by atomic mass is 19.1. The van der Waals surface area contributed by atoms with Crippen molar-refractivity contribution in [3.63, 3.8) is 0 Å². The van der Waals surface area contributed by atoms with E-state index < -0.39 is 6.10 Å². The van der Waals surface area contributed by atoms with Gasteiger partial charge >= 0.3 is 0 Å². The lowest BCUT2D eigenvalue weighted by atomic mass is 9.78. The lowest BCUT2D eigenvalue weighted by Crippen LogP contribution is -2.58. The Bertz CT molecular complexity index is 1240. The normalized spacial score (nSPS) is 26.6. The molecule has 1 aromatic heterocycles. The summed E-state index contributed by atoms with van der Waals surface area (Å²) in [6, 6.07) is 9.69. The molecule has 4 aliphatic rings. The van der Waals surface area contributed by atoms with Crippen LogP contribution in [0.5, 0.6) is 5.75 Å². The van der Waals surface area contributed by atoms with Crippen molar-refractivity contribution < 1.29 is 9.13 Å². The van der Waals surface area contributed by atoms with E-state index in [9.17, 15) is 9.65 Å². The Morgan fingerprint density at radius 2 is 2.06 bits per heavy atom. The molecular formula is C27H30FN5O. The standard InChI is InChI=1S/C27H30FN5O/c1-14(2)22-8-17(12-29)25-18-9-24(27(30)31-13-18)34-15(3)21-10-19(28)6-5-16(21)7-20-11-23(33(20)4)26(25)32-22/h5-6,9-10,13-15,20,22-23H,7-8,11H2,1-4H3,(H2,30,31). The van der Waals surface area contributed by atoms with Crippen LogP contribution >= 0.6 is 0 Å². The number of pyridine rings is 1. The van der Waals surface area contributed by atoms with Crippen LogP contribution in [0, 0.1) is 23.1 Å². The van der Waals surface area contributed by atoms with Crippen LogP contribution in [-0.2, 0) is 6.42 Å². The molecule has 6 nitrogen and oxygen atoms in total. The number of fused-ring (bicyclic) bond motifs is 1. The number of aromatic nitrogens is 1. The largest absolute Gasteiger partial charge is 0.482 e. The second kappa shape index (κ2) is 8.52. The van der Waals surface area contributed by atoms with Gasteiger partial charge in [-0.3, -0.25) is 9.89 Å². The Labute approximate surface area is 200 Å². The summed E-state index contributed by atoms with van der Waals surface area (Å²) >= 11 is 0. The number of nitrogen functional groups attached to an aromatic ring is 1. The number of nitrogens with two attached hydrogens (primary N) is 1. The Balaban J connectivity index is 1.69. The predicted molar refractivity (Wildman–Crippen MR) is 131 cm³/mol. The quantitative estimate of drug-likeness (QED) is 0.667. The van der Waals surface area contributed by atoms with E-state index in [2.05, 4.69) is 36.8 Å². The van der Waals surface area contributed by atoms with Crippen molar-refractivity contribution in [3.05, 3.63) is 58.5 Å². The van der Waals surface area contributed by atoms with Crippen molar-refractivity contribution >= 4 is 17.1 Å². The number of ether oxygens (including phenoxy) is 1. The van der Waals surface area contributed by atoms with Gasteiger partial charge in [-0.1, -0.05) is 19.9 Å². The number of aliphatic imine (C=N–C) groups is 1. The minimum Gasteiger partial charge on any atom is -0.482 e. The molecule has 4 atom stereocenters. The molecule has 1 saturated heterocycles. The summed E-state index contributed by atoms with van der Waals surface area (Å²) in [5.41, 5.74) is 11.4. The van der Waals surface area contributed by atoms with Crippen LogP contribution in [0.25, 0.3) is 5.57 Å². The molecule has 176 valence electrons. The van der Waals surface area contributed by atoms with Crippen LogP contribution in [-0.4, -0.2) is 40.8 Å². The molecule has 7 heteroatoms. The van der Waals surface area contributed by atoms with Gasteiger partial charge in [-0.25, -0.2) is 9.37 Å². The molecule has 1 aromatic carbocycles. The first-order valence-electron chi connectivity index (χ1n) is 11.9. The number of benzene rings is 1. The van der Waals surface area contributed by atoms with Gasteiger partial charge in [-0.2, -0.15) is 5.26 Å². The molecule has 2 N–H and O–H groups in total. The zero-order valence-corrected chi connectivity index (χ0v) is 20.0. The van der Waals surface area contributed by atoms with Crippen molar-refractivity contribution in [1.82, 2.24) is 9.88 Å². The van der Waals surface area contributed by atoms with Crippen molar-refractivity contribution in [2.75, 3.05) is 12.8 Å². The van der Waals surface area contributed by atoms with Gasteiger partial charge < -0.3 is 10.5 Å². The van der Waals surface area contributed by atoms with Crippen molar-refractivity contribution in [1.29, 1.82) is 5.26 Å². The van der Waals surface area contributed by atoms with Gasteiger partial charge in [0.2, 0.25) is 0 Å². The van der Waals surface area contributed by atoms with E-state index in [1.165, 1.54) is 6.07 Å². The molecule has 0 radical (unpaired) electrons. The molecule has 2 aromatic rings. The van der Waals surface area contributed by atoms with Crippen molar-refractivity contribution in [2.45, 2.75) is 64.3 Å². The lowest BCUT2D eigenvalue weighted by molar-refractivity contribution is 0.0874. The Hall–Kier alpha value is -3.24. The summed E-state index contributed by atoms with van der Waals surface area (Å²) in [5, 5.41) is 10.1. The highest BCUT2D eigenvalue weighted by Crippen LogP contribution is 2.41. The maximum absolute atomic E-state index is 14.2. The number of rotatable bonds is 1. The van der Waals surface area contributed by atoms with E-state index in [-0.39, 0.29) is 23.7 Å². The monoisotopic (exact) mass is 459 g/mol. The fourth-order valence-corrected chi connectivity index (χ4v) is 5.38. The lowest BCUT2D eigenvalue weighted by Gasteiger charge is -2.48. The number of nitrogens with zero attached hydrogens (tertiary/aromatic N) is 4. The average molecular weight is 460 g/mol. The minimum absolute atomic E-state index is 0.0673. The van der Waals surface area contributed by atoms with E-state index in [0.29, 0.717) is 24.1 Å². The predicted octanol–water partition coefficient (Wildman–Crippen LogP) is 4.72. The van der Waals surface area contributed by atoms with Crippen LogP contribution in [0.4, 0.5) is 10.2 Å². The molecule has 6 rings (SSSR count). The molecule has 4 bridgehead atoms. The number of dihydropyridines is 1. The summed E-state index contributed by atoms with van der Waals surface area (Å²) in [7, 11) is 2.11. The topological polar surface area (TPSA) is 87.5 Å². The molecule has 0 saturated carbocycles. The number of anilines is 1. The summed E-state index contributed by atoms with van der Waals surface area (Å²) in [6.07, 6.45) is 3.60. The number of halogens is 1. The maximum atomic E-state index is 14.2. The Kier molecular flexibility index (Phi) is 5.65. The van der Waals surface area contributed by atoms with Crippen molar-refractivity contribution in [3.8, 4) is 11.8 Å². The van der Waals surface area contributed by atoms with Gasteiger partial charge in [0.1, 0.15) is 11.9 Å². The first-order chi connectivity index (χ1) is 16.3. The van der Waals surface area contributed by atoms with E-state index in [1.807, 2.05) is 19.1 Å². The molecule has 4 aliphatic heterocycles. The number of hydrogen-bond donors (Lipinski definition) is 1. The first-order valence-corrected chi connectivity index (χ1v) is 11.9. The molecule has 0 amide bonds. The molecule has 0 spiro atoms. The molecular weight excluding hydrogens is 429 g/mol. The fraction of sp³-hybridized carbons (Fsp3) is 0.444. The molecule has 5 heterocycles. The van der Waals surface area contributed by atoms with E-state index in [0.717, 1.165) is 46.4 Å². The van der Waals surface area contributed by atoms with Gasteiger partial charge in [0.05, 0.1) is 23.9 Å². The smallest absolute Gasteiger partial charge is 0.166 e. The van der Waals surface area contributed by atoms with E-state index in [4.69, 9.17) is 15.5 Å². The van der Waals surface area contributed by atoms with Crippen molar-refractivity contribution in [2.24, 2.45) is 10.9 Å². The average Bonchev–Trinajstić information content (AvgIpc) is 2.82. The summed E-state index contributed by atoms with van der Waals surface area (Å²) in [6.45, 7) is 6.20. The summed E-state index contributed by atoms with van der Waals surface area (Å²) in [4.78, 5) is 11.9. The summed E-state index contributed by atoms with van der Waals surface area (Å²) < 4.78 is 20.5. The second-order valence-corrected chi connectivity index (χ2v) is 9.98. The van der Waals surface area contributed by atoms with Gasteiger partial charge in [-0.15, -0.1) is 0 Å². The summed E-state index contributed by atoms with van der Waals surface area (Å²) in [5.74, 6) is 0.727. The second-order valence-electron chi connectivity index (χ2n) is 9.98. The highest BCUT2D eigenvalue weighted by molar-refractivity contribution is 6.28. The van der Waals surface area contributed by atoms with Crippen LogP contribution in [0.2, 0.25) is 0 Å². The molecule has 34 heavy (non-hydrogen) atoms. The van der Waals surface area contributed by atoms with Crippen LogP contribution < -0.4 is 10.5 Å². The van der Waals surface area contributed by atoms with Crippen LogP contribution in [0.1, 0.15) is 56.4 Å². The molecule has 4 unspecified atom stereocenters. The number of hydrogen-bond acceptors (Lipinski definition) is 6. The highest BCUT2D eigenvalue weighted by Gasteiger charge is 2.43. The van der Waals surface area contributed by atoms with Gasteiger partial charge in [-0.05, 0) is 62.1 Å². The van der Waals surface area contributed by atoms with Crippen LogP contribution in [0.3, 0.4) is 0 Å². The van der Waals surface area contributed by atoms with E-state index in [1.54, 1.807) is 12.3 Å². The molecule has 1 fully saturated rings. The third-order valence-electron chi connectivity index (χ3n) is 7.53. The zero-order chi connectivity index (χ0) is 24.1. The Morgan fingerprint density at radius 1 is 1.26 bits per heavy atom. The van der Waals surface area contributed by atoms with Gasteiger partial charge in [0.15, 0.2) is 11.6 Å². The first kappa shape index (κ1) is 22.5. The van der Waals surface area contributed by atoms with Gasteiger partial charge in [0.25, 0.3) is 0 Å². The molecule has 0 aliphatic carbocycles. The van der Waals surface area contributed by atoms with Crippen LogP contribution in [0.15, 0.2) is 41.0 Å². The number of likely N-dealkylation sites (N-methyl/N-ethyl adjacent to an activating group) is 1. The zero-order valence-electron chi connectivity index (χ0n) is 20.0. The third-order valence-corrected chi connectivity index (χ3v) is 7.53. The van der Waals surface area contributed by atoms with Gasteiger partial charge in [0, 0.05) is 35.4 Å². The Morgan fingerprint density at radius 3 is 2.76 bits per heavy atom. The number of nitriles is 1. The maximum Gasteiger partial charge on any atom is 0.166 e. The SMILES string of the molecule is CC1Oc2cc(cnc2N)C2=C(C#N)CC(C(C)C)N=C2C2CC(Cc3ccc(F)cc31)N2C. The third kappa shape index (κ3) is 3.76. The fourth-order valence-electron chi connectivity index (χ4n) is 5.38.